The normalized spacial score (nSPS) is 19.4. The van der Waals surface area contributed by atoms with E-state index < -0.39 is 5.41 Å². The van der Waals surface area contributed by atoms with Crippen LogP contribution in [0.2, 0.25) is 0 Å². The Hall–Kier alpha value is -1.23. The number of esters is 1. The van der Waals surface area contributed by atoms with E-state index in [0.717, 1.165) is 5.69 Å². The van der Waals surface area contributed by atoms with Gasteiger partial charge in [-0.3, -0.25) is 9.59 Å². The summed E-state index contributed by atoms with van der Waals surface area (Å²) in [5.74, 6) is -0.0549. The lowest BCUT2D eigenvalue weighted by atomic mass is 9.71. The third kappa shape index (κ3) is 1.75. The number of rotatable bonds is 2. The molecule has 1 aromatic heterocycles. The molecule has 1 aliphatic carbocycles. The number of aromatic nitrogens is 1. The summed E-state index contributed by atoms with van der Waals surface area (Å²) in [5.41, 5.74) is 1.76. The fraction of sp³-hybridized carbons (Fsp3) is 0.545. The van der Waals surface area contributed by atoms with E-state index in [0.29, 0.717) is 25.7 Å². The number of Topliss-reactive ketones (excluding diaryl/α,β-unsaturated/α-hetero) is 1. The summed E-state index contributed by atoms with van der Waals surface area (Å²) < 4.78 is 4.87. The minimum absolute atomic E-state index is 0.217. The molecule has 0 saturated heterocycles. The first-order chi connectivity index (χ1) is 7.69. The van der Waals surface area contributed by atoms with Gasteiger partial charge in [0.1, 0.15) is 11.2 Å². The summed E-state index contributed by atoms with van der Waals surface area (Å²) in [6, 6.07) is 0. The van der Waals surface area contributed by atoms with Crippen molar-refractivity contribution >= 4 is 23.1 Å². The minimum Gasteiger partial charge on any atom is -0.468 e. The highest BCUT2D eigenvalue weighted by molar-refractivity contribution is 7.07. The molecule has 16 heavy (non-hydrogen) atoms. The van der Waals surface area contributed by atoms with Gasteiger partial charge in [0.15, 0.2) is 0 Å². The molecule has 5 heteroatoms. The summed E-state index contributed by atoms with van der Waals surface area (Å²) in [7, 11) is 1.38. The van der Waals surface area contributed by atoms with Gasteiger partial charge in [-0.25, -0.2) is 4.98 Å². The third-order valence-corrected chi connectivity index (χ3v) is 3.75. The number of ketones is 1. The standard InChI is InChI=1S/C11H13NO3S/c1-15-10(14)11(9-6-16-7-12-9)4-2-8(13)3-5-11/h6-7H,2-5H2,1H3. The monoisotopic (exact) mass is 239 g/mol. The number of hydrogen-bond donors (Lipinski definition) is 0. The molecule has 0 N–H and O–H groups in total. The van der Waals surface area contributed by atoms with Gasteiger partial charge in [0.25, 0.3) is 0 Å². The van der Waals surface area contributed by atoms with Crippen LogP contribution in [0.25, 0.3) is 0 Å². The van der Waals surface area contributed by atoms with Crippen molar-refractivity contribution in [1.29, 1.82) is 0 Å². The zero-order valence-corrected chi connectivity index (χ0v) is 9.88. The summed E-state index contributed by atoms with van der Waals surface area (Å²) >= 11 is 1.46. The highest BCUT2D eigenvalue weighted by Crippen LogP contribution is 2.39. The van der Waals surface area contributed by atoms with Crippen LogP contribution in [0.4, 0.5) is 0 Å². The van der Waals surface area contributed by atoms with Gasteiger partial charge in [-0.15, -0.1) is 11.3 Å². The summed E-state index contributed by atoms with van der Waals surface area (Å²) in [6.45, 7) is 0. The maximum Gasteiger partial charge on any atom is 0.317 e. The Morgan fingerprint density at radius 2 is 2.19 bits per heavy atom. The van der Waals surface area contributed by atoms with Gasteiger partial charge in [-0.2, -0.15) is 0 Å². The zero-order valence-electron chi connectivity index (χ0n) is 9.06. The largest absolute Gasteiger partial charge is 0.468 e. The molecule has 1 aliphatic rings. The second-order valence-electron chi connectivity index (χ2n) is 3.99. The fourth-order valence-corrected chi connectivity index (χ4v) is 2.82. The van der Waals surface area contributed by atoms with Crippen molar-refractivity contribution in [1.82, 2.24) is 4.98 Å². The van der Waals surface area contributed by atoms with Crippen molar-refractivity contribution in [3.8, 4) is 0 Å². The van der Waals surface area contributed by atoms with Crippen LogP contribution < -0.4 is 0 Å². The Morgan fingerprint density at radius 3 is 2.69 bits per heavy atom. The van der Waals surface area contributed by atoms with Crippen LogP contribution >= 0.6 is 11.3 Å². The van der Waals surface area contributed by atoms with Crippen molar-refractivity contribution in [3.05, 3.63) is 16.6 Å². The fourth-order valence-electron chi connectivity index (χ4n) is 2.16. The molecule has 1 fully saturated rings. The molecule has 0 radical (unpaired) electrons. The molecule has 0 aromatic carbocycles. The highest BCUT2D eigenvalue weighted by Gasteiger charge is 2.45. The lowest BCUT2D eigenvalue weighted by molar-refractivity contribution is -0.149. The molecule has 1 saturated carbocycles. The first kappa shape index (κ1) is 11.3. The Morgan fingerprint density at radius 1 is 1.50 bits per heavy atom. The van der Waals surface area contributed by atoms with Crippen molar-refractivity contribution in [3.63, 3.8) is 0 Å². The molecule has 2 rings (SSSR count). The predicted octanol–water partition coefficient (Wildman–Crippen LogP) is 1.70. The van der Waals surface area contributed by atoms with Crippen LogP contribution in [0.3, 0.4) is 0 Å². The van der Waals surface area contributed by atoms with E-state index in [9.17, 15) is 9.59 Å². The van der Waals surface area contributed by atoms with Gasteiger partial charge in [0, 0.05) is 18.2 Å². The predicted molar refractivity (Wildman–Crippen MR) is 59.3 cm³/mol. The summed E-state index contributed by atoms with van der Waals surface area (Å²) in [6.07, 6.45) is 1.91. The molecule has 0 spiro atoms. The van der Waals surface area contributed by atoms with E-state index in [1.54, 1.807) is 5.51 Å². The molecular weight excluding hydrogens is 226 g/mol. The third-order valence-electron chi connectivity index (χ3n) is 3.16. The second-order valence-corrected chi connectivity index (χ2v) is 4.70. The van der Waals surface area contributed by atoms with Crippen molar-refractivity contribution in [2.45, 2.75) is 31.1 Å². The van der Waals surface area contributed by atoms with Crippen molar-refractivity contribution in [2.24, 2.45) is 0 Å². The van der Waals surface area contributed by atoms with Gasteiger partial charge >= 0.3 is 5.97 Å². The van der Waals surface area contributed by atoms with Crippen LogP contribution in [0.5, 0.6) is 0 Å². The minimum atomic E-state index is -0.692. The number of hydrogen-bond acceptors (Lipinski definition) is 5. The lowest BCUT2D eigenvalue weighted by Gasteiger charge is -2.32. The summed E-state index contributed by atoms with van der Waals surface area (Å²) in [5, 5.41) is 1.87. The highest BCUT2D eigenvalue weighted by atomic mass is 32.1. The Kier molecular flexibility index (Phi) is 3.05. The van der Waals surface area contributed by atoms with E-state index in [-0.39, 0.29) is 11.8 Å². The number of thiazole rings is 1. The average molecular weight is 239 g/mol. The van der Waals surface area contributed by atoms with Crippen LogP contribution in [0, 0.1) is 0 Å². The number of carbonyl (C=O) groups is 2. The molecule has 1 heterocycles. The van der Waals surface area contributed by atoms with E-state index in [1.165, 1.54) is 18.4 Å². The molecule has 1 aromatic rings. The molecule has 4 nitrogen and oxygen atoms in total. The molecule has 0 atom stereocenters. The van der Waals surface area contributed by atoms with Crippen LogP contribution in [-0.2, 0) is 19.7 Å². The van der Waals surface area contributed by atoms with E-state index in [2.05, 4.69) is 4.98 Å². The molecule has 0 bridgehead atoms. The first-order valence-electron chi connectivity index (χ1n) is 5.18. The van der Waals surface area contributed by atoms with Gasteiger partial charge in [-0.05, 0) is 12.8 Å². The van der Waals surface area contributed by atoms with Crippen molar-refractivity contribution < 1.29 is 14.3 Å². The van der Waals surface area contributed by atoms with Crippen LogP contribution in [0.1, 0.15) is 31.4 Å². The molecule has 0 aliphatic heterocycles. The summed E-state index contributed by atoms with van der Waals surface area (Å²) in [4.78, 5) is 27.4. The first-order valence-corrected chi connectivity index (χ1v) is 6.12. The number of methoxy groups -OCH3 is 1. The Labute approximate surface area is 97.6 Å². The molecular formula is C11H13NO3S. The van der Waals surface area contributed by atoms with Crippen molar-refractivity contribution in [2.75, 3.05) is 7.11 Å². The topological polar surface area (TPSA) is 56.3 Å². The molecule has 86 valence electrons. The number of carbonyl (C=O) groups excluding carboxylic acids is 2. The van der Waals surface area contributed by atoms with Crippen LogP contribution in [-0.4, -0.2) is 23.8 Å². The quantitative estimate of drug-likeness (QED) is 0.737. The van der Waals surface area contributed by atoms with E-state index in [1.807, 2.05) is 5.38 Å². The van der Waals surface area contributed by atoms with Crippen LogP contribution in [0.15, 0.2) is 10.9 Å². The maximum absolute atomic E-state index is 11.9. The SMILES string of the molecule is COC(=O)C1(c2cscn2)CCC(=O)CC1. The number of ether oxygens (including phenoxy) is 1. The van der Waals surface area contributed by atoms with E-state index in [4.69, 9.17) is 4.74 Å². The Bertz CT molecular complexity index is 389. The number of nitrogens with zero attached hydrogens (tertiary/aromatic N) is 1. The smallest absolute Gasteiger partial charge is 0.317 e. The van der Waals surface area contributed by atoms with Gasteiger partial charge < -0.3 is 4.74 Å². The van der Waals surface area contributed by atoms with E-state index >= 15 is 0 Å². The zero-order chi connectivity index (χ0) is 11.6. The lowest BCUT2D eigenvalue weighted by Crippen LogP contribution is -2.41. The van der Waals surface area contributed by atoms with Gasteiger partial charge in [0.05, 0.1) is 18.3 Å². The average Bonchev–Trinajstić information content (AvgIpc) is 2.83. The molecule has 0 amide bonds. The maximum atomic E-state index is 11.9. The second kappa shape index (κ2) is 4.33. The van der Waals surface area contributed by atoms with Gasteiger partial charge in [0.2, 0.25) is 0 Å². The van der Waals surface area contributed by atoms with Gasteiger partial charge in [-0.1, -0.05) is 0 Å². The molecule has 0 unspecified atom stereocenters. The Balaban J connectivity index is 2.34.